The summed E-state index contributed by atoms with van der Waals surface area (Å²) in [7, 11) is 0. The van der Waals surface area contributed by atoms with Gasteiger partial charge in [-0.1, -0.05) is 0 Å². The molecule has 3 heterocycles. The van der Waals surface area contributed by atoms with E-state index in [1.54, 1.807) is 18.5 Å². The van der Waals surface area contributed by atoms with Crippen molar-refractivity contribution in [2.75, 3.05) is 19.8 Å². The van der Waals surface area contributed by atoms with E-state index in [0.29, 0.717) is 31.1 Å². The minimum atomic E-state index is -1.02. The van der Waals surface area contributed by atoms with Crippen molar-refractivity contribution in [1.29, 1.82) is 0 Å². The number of hydrogen-bond donors (Lipinski definition) is 2. The van der Waals surface area contributed by atoms with Gasteiger partial charge in [0, 0.05) is 18.9 Å². The van der Waals surface area contributed by atoms with Gasteiger partial charge in [-0.05, 0) is 6.07 Å². The van der Waals surface area contributed by atoms with Crippen LogP contribution in [0.5, 0.6) is 0 Å². The second-order valence-corrected chi connectivity index (χ2v) is 4.03. The number of nitrogens with one attached hydrogen (secondary N) is 1. The average molecular weight is 248 g/mol. The standard InChI is InChI=1S/C11H12N4O3/c16-11(17)8-9(7-6-18-5-3-12-7)14-15-4-1-2-13-10(8)15/h1-2,4,7,12H,3,5-6H2,(H,16,17). The third kappa shape index (κ3) is 1.73. The number of carbonyl (C=O) groups is 1. The molecule has 0 saturated carbocycles. The third-order valence-electron chi connectivity index (χ3n) is 2.89. The van der Waals surface area contributed by atoms with Crippen LogP contribution >= 0.6 is 0 Å². The van der Waals surface area contributed by atoms with Crippen LogP contribution in [0.25, 0.3) is 5.65 Å². The highest BCUT2D eigenvalue weighted by Gasteiger charge is 2.27. The van der Waals surface area contributed by atoms with Crippen molar-refractivity contribution in [3.8, 4) is 0 Å². The molecule has 3 rings (SSSR count). The van der Waals surface area contributed by atoms with Crippen LogP contribution in [0.2, 0.25) is 0 Å². The van der Waals surface area contributed by atoms with Crippen LogP contribution in [-0.4, -0.2) is 45.4 Å². The molecule has 0 aromatic carbocycles. The van der Waals surface area contributed by atoms with Crippen LogP contribution < -0.4 is 5.32 Å². The molecule has 7 nitrogen and oxygen atoms in total. The van der Waals surface area contributed by atoms with E-state index < -0.39 is 5.97 Å². The number of ether oxygens (including phenoxy) is 1. The Kier molecular flexibility index (Phi) is 2.69. The fourth-order valence-corrected chi connectivity index (χ4v) is 2.09. The molecule has 1 aliphatic heterocycles. The first-order chi connectivity index (χ1) is 8.77. The van der Waals surface area contributed by atoms with Gasteiger partial charge in [-0.2, -0.15) is 5.10 Å². The first kappa shape index (κ1) is 11.1. The molecule has 18 heavy (non-hydrogen) atoms. The molecule has 1 unspecified atom stereocenters. The second-order valence-electron chi connectivity index (χ2n) is 4.03. The highest BCUT2D eigenvalue weighted by atomic mass is 16.5. The number of carboxylic acids is 1. The summed E-state index contributed by atoms with van der Waals surface area (Å²) in [6.07, 6.45) is 3.24. The maximum absolute atomic E-state index is 11.4. The van der Waals surface area contributed by atoms with Crippen LogP contribution in [0.15, 0.2) is 18.5 Å². The van der Waals surface area contributed by atoms with Crippen molar-refractivity contribution in [2.45, 2.75) is 6.04 Å². The summed E-state index contributed by atoms with van der Waals surface area (Å²) in [6.45, 7) is 1.74. The Labute approximate surface area is 102 Å². The first-order valence-corrected chi connectivity index (χ1v) is 5.65. The number of aromatic nitrogens is 3. The van der Waals surface area contributed by atoms with E-state index in [0.717, 1.165) is 0 Å². The molecule has 1 saturated heterocycles. The van der Waals surface area contributed by atoms with E-state index in [1.807, 2.05) is 0 Å². The highest BCUT2D eigenvalue weighted by Crippen LogP contribution is 2.22. The fraction of sp³-hybridized carbons (Fsp3) is 0.364. The number of morpholine rings is 1. The van der Waals surface area contributed by atoms with E-state index in [1.165, 1.54) is 4.52 Å². The number of hydrogen-bond acceptors (Lipinski definition) is 5. The minimum Gasteiger partial charge on any atom is -0.477 e. The Morgan fingerprint density at radius 1 is 1.61 bits per heavy atom. The molecule has 2 N–H and O–H groups in total. The van der Waals surface area contributed by atoms with Gasteiger partial charge in [0.05, 0.1) is 24.9 Å². The summed E-state index contributed by atoms with van der Waals surface area (Å²) in [5.41, 5.74) is 0.965. The predicted molar refractivity (Wildman–Crippen MR) is 61.5 cm³/mol. The van der Waals surface area contributed by atoms with Gasteiger partial charge in [0.1, 0.15) is 5.56 Å². The number of fused-ring (bicyclic) bond motifs is 1. The fourth-order valence-electron chi connectivity index (χ4n) is 2.09. The van der Waals surface area contributed by atoms with Gasteiger partial charge >= 0.3 is 5.97 Å². The smallest absolute Gasteiger partial charge is 0.341 e. The van der Waals surface area contributed by atoms with Gasteiger partial charge in [0.2, 0.25) is 0 Å². The third-order valence-corrected chi connectivity index (χ3v) is 2.89. The van der Waals surface area contributed by atoms with E-state index in [2.05, 4.69) is 15.4 Å². The number of aromatic carboxylic acids is 1. The zero-order chi connectivity index (χ0) is 12.5. The minimum absolute atomic E-state index is 0.138. The predicted octanol–water partition coefficient (Wildman–Crippen LogP) is 0.0884. The largest absolute Gasteiger partial charge is 0.477 e. The molecule has 0 amide bonds. The van der Waals surface area contributed by atoms with Gasteiger partial charge in [0.15, 0.2) is 5.65 Å². The van der Waals surface area contributed by atoms with Crippen molar-refractivity contribution >= 4 is 11.6 Å². The molecule has 1 fully saturated rings. The lowest BCUT2D eigenvalue weighted by Crippen LogP contribution is -2.35. The SMILES string of the molecule is O=C(O)c1c(C2COCCN2)nn2cccnc12. The molecule has 1 atom stereocenters. The summed E-state index contributed by atoms with van der Waals surface area (Å²) in [6, 6.07) is 1.51. The van der Waals surface area contributed by atoms with Crippen molar-refractivity contribution < 1.29 is 14.6 Å². The molecular formula is C11H12N4O3. The molecule has 0 radical (unpaired) electrons. The van der Waals surface area contributed by atoms with Crippen LogP contribution in [0, 0.1) is 0 Å². The van der Waals surface area contributed by atoms with Gasteiger partial charge in [-0.25, -0.2) is 14.3 Å². The van der Waals surface area contributed by atoms with Crippen LogP contribution in [0.4, 0.5) is 0 Å². The van der Waals surface area contributed by atoms with Crippen molar-refractivity contribution in [2.24, 2.45) is 0 Å². The van der Waals surface area contributed by atoms with Crippen molar-refractivity contribution in [3.05, 3.63) is 29.7 Å². The summed E-state index contributed by atoms with van der Waals surface area (Å²) >= 11 is 0. The van der Waals surface area contributed by atoms with Crippen LogP contribution in [-0.2, 0) is 4.74 Å². The normalized spacial score (nSPS) is 20.1. The van der Waals surface area contributed by atoms with Crippen LogP contribution in [0.1, 0.15) is 22.1 Å². The van der Waals surface area contributed by atoms with E-state index >= 15 is 0 Å². The summed E-state index contributed by atoms with van der Waals surface area (Å²) < 4.78 is 6.82. The molecule has 94 valence electrons. The molecule has 7 heteroatoms. The van der Waals surface area contributed by atoms with Gasteiger partial charge in [-0.15, -0.1) is 0 Å². The maximum atomic E-state index is 11.4. The Hall–Kier alpha value is -1.99. The highest BCUT2D eigenvalue weighted by molar-refractivity contribution is 5.95. The van der Waals surface area contributed by atoms with Crippen molar-refractivity contribution in [1.82, 2.24) is 19.9 Å². The zero-order valence-electron chi connectivity index (χ0n) is 9.54. The van der Waals surface area contributed by atoms with E-state index in [-0.39, 0.29) is 11.6 Å². The Morgan fingerprint density at radius 3 is 3.22 bits per heavy atom. The molecule has 0 bridgehead atoms. The molecule has 0 aliphatic carbocycles. The van der Waals surface area contributed by atoms with Gasteiger partial charge in [0.25, 0.3) is 0 Å². The molecular weight excluding hydrogens is 236 g/mol. The topological polar surface area (TPSA) is 88.8 Å². The van der Waals surface area contributed by atoms with Gasteiger partial charge < -0.3 is 15.2 Å². The number of rotatable bonds is 2. The van der Waals surface area contributed by atoms with Gasteiger partial charge in [-0.3, -0.25) is 0 Å². The summed E-state index contributed by atoms with van der Waals surface area (Å²) in [5, 5.41) is 16.8. The van der Waals surface area contributed by atoms with E-state index in [9.17, 15) is 9.90 Å². The lowest BCUT2D eigenvalue weighted by atomic mass is 10.1. The molecule has 1 aliphatic rings. The summed E-state index contributed by atoms with van der Waals surface area (Å²) in [5.74, 6) is -1.02. The quantitative estimate of drug-likeness (QED) is 0.783. The maximum Gasteiger partial charge on any atom is 0.341 e. The lowest BCUT2D eigenvalue weighted by molar-refractivity contribution is 0.0672. The monoisotopic (exact) mass is 248 g/mol. The average Bonchev–Trinajstić information content (AvgIpc) is 2.79. The van der Waals surface area contributed by atoms with E-state index in [4.69, 9.17) is 4.74 Å². The Bertz CT molecular complexity index is 589. The number of nitrogens with zero attached hydrogens (tertiary/aromatic N) is 3. The Morgan fingerprint density at radius 2 is 2.50 bits per heavy atom. The first-order valence-electron chi connectivity index (χ1n) is 5.65. The second kappa shape index (κ2) is 4.35. The Balaban J connectivity index is 2.14. The van der Waals surface area contributed by atoms with Crippen molar-refractivity contribution in [3.63, 3.8) is 0 Å². The molecule has 2 aromatic rings. The lowest BCUT2D eigenvalue weighted by Gasteiger charge is -2.22. The molecule has 2 aromatic heterocycles. The van der Waals surface area contributed by atoms with Crippen LogP contribution in [0.3, 0.4) is 0 Å². The summed E-state index contributed by atoms with van der Waals surface area (Å²) in [4.78, 5) is 15.4. The molecule has 0 spiro atoms. The number of carboxylic acid groups (broad SMARTS) is 1. The zero-order valence-corrected chi connectivity index (χ0v) is 9.54.